The van der Waals surface area contributed by atoms with E-state index < -0.39 is 11.4 Å². The highest BCUT2D eigenvalue weighted by molar-refractivity contribution is 9.10. The predicted molar refractivity (Wildman–Crippen MR) is 177 cm³/mol. The lowest BCUT2D eigenvalue weighted by molar-refractivity contribution is 0.0137. The average Bonchev–Trinajstić information content (AvgIpc) is 2.94. The molecule has 0 saturated carbocycles. The Kier molecular flexibility index (Phi) is 15.4. The maximum atomic E-state index is 13.9. The Bertz CT molecular complexity index is 1270. The van der Waals surface area contributed by atoms with E-state index in [2.05, 4.69) is 42.1 Å². The molecular formula is C32H44Br2F2N4O5. The van der Waals surface area contributed by atoms with Crippen molar-refractivity contribution in [1.82, 2.24) is 20.0 Å². The van der Waals surface area contributed by atoms with E-state index in [4.69, 9.17) is 9.47 Å². The van der Waals surface area contributed by atoms with Gasteiger partial charge in [0.05, 0.1) is 5.56 Å². The number of rotatable bonds is 3. The highest BCUT2D eigenvalue weighted by Gasteiger charge is 2.26. The van der Waals surface area contributed by atoms with E-state index in [1.54, 1.807) is 21.9 Å². The van der Waals surface area contributed by atoms with Crippen LogP contribution >= 0.6 is 31.9 Å². The number of hydrogen-bond donors (Lipinski definition) is 1. The summed E-state index contributed by atoms with van der Waals surface area (Å²) in [5, 5.41) is 3.18. The van der Waals surface area contributed by atoms with Crippen molar-refractivity contribution in [1.29, 1.82) is 0 Å². The number of aldehydes is 1. The van der Waals surface area contributed by atoms with Gasteiger partial charge in [-0.15, -0.1) is 0 Å². The van der Waals surface area contributed by atoms with Crippen LogP contribution in [0.3, 0.4) is 0 Å². The van der Waals surface area contributed by atoms with Crippen LogP contribution in [0.2, 0.25) is 0 Å². The molecule has 250 valence electrons. The normalized spacial score (nSPS) is 15.6. The van der Waals surface area contributed by atoms with Gasteiger partial charge in [-0.2, -0.15) is 0 Å². The zero-order valence-electron chi connectivity index (χ0n) is 26.8. The fourth-order valence-electron chi connectivity index (χ4n) is 4.08. The fourth-order valence-corrected chi connectivity index (χ4v) is 4.74. The molecule has 0 aliphatic carbocycles. The van der Waals surface area contributed by atoms with Crippen LogP contribution in [-0.2, 0) is 16.0 Å². The number of amides is 2. The van der Waals surface area contributed by atoms with Gasteiger partial charge in [-0.05, 0) is 71.9 Å². The lowest BCUT2D eigenvalue weighted by atomic mass is 10.2. The summed E-state index contributed by atoms with van der Waals surface area (Å²) in [5.41, 5.74) is -0.103. The van der Waals surface area contributed by atoms with Gasteiger partial charge >= 0.3 is 12.2 Å². The number of carbonyl (C=O) groups excluding carboxylic acids is 3. The molecule has 2 amide bonds. The van der Waals surface area contributed by atoms with Crippen molar-refractivity contribution in [2.45, 2.75) is 59.3 Å². The number of ether oxygens (including phenoxy) is 2. The minimum Gasteiger partial charge on any atom is -0.444 e. The molecule has 45 heavy (non-hydrogen) atoms. The Balaban J connectivity index is 0.000000259. The van der Waals surface area contributed by atoms with Gasteiger partial charge in [0, 0.05) is 73.4 Å². The van der Waals surface area contributed by atoms with E-state index in [1.165, 1.54) is 18.2 Å². The Morgan fingerprint density at radius 3 is 1.69 bits per heavy atom. The van der Waals surface area contributed by atoms with Gasteiger partial charge in [0.2, 0.25) is 0 Å². The van der Waals surface area contributed by atoms with Crippen LogP contribution in [0.4, 0.5) is 18.4 Å². The van der Waals surface area contributed by atoms with Crippen LogP contribution in [0.15, 0.2) is 45.3 Å². The second-order valence-corrected chi connectivity index (χ2v) is 14.3. The molecule has 1 N–H and O–H groups in total. The molecule has 2 fully saturated rings. The van der Waals surface area contributed by atoms with Crippen molar-refractivity contribution >= 4 is 50.3 Å². The van der Waals surface area contributed by atoms with Gasteiger partial charge in [0.15, 0.2) is 6.29 Å². The third-order valence-electron chi connectivity index (χ3n) is 6.29. The molecule has 0 bridgehead atoms. The van der Waals surface area contributed by atoms with E-state index in [-0.39, 0.29) is 29.2 Å². The first kappa shape index (κ1) is 38.6. The van der Waals surface area contributed by atoms with Crippen LogP contribution in [0.25, 0.3) is 0 Å². The summed E-state index contributed by atoms with van der Waals surface area (Å²) in [5.74, 6) is -0.701. The first-order chi connectivity index (χ1) is 21.0. The molecule has 2 saturated heterocycles. The SMILES string of the molecule is CC(C)(C)OC(=O)N1CCN(Cc2ccc(Br)cc2F)CC1.CC(C)(C)OC(=O)N1CCNCC1.O=Cc1ccc(Br)cc1F. The van der Waals surface area contributed by atoms with Gasteiger partial charge in [0.1, 0.15) is 22.8 Å². The number of nitrogens with zero attached hydrogens (tertiary/aromatic N) is 3. The minimum absolute atomic E-state index is 0.0863. The van der Waals surface area contributed by atoms with E-state index >= 15 is 0 Å². The average molecular weight is 763 g/mol. The quantitative estimate of drug-likeness (QED) is 0.342. The molecular weight excluding hydrogens is 718 g/mol. The predicted octanol–water partition coefficient (Wildman–Crippen LogP) is 6.87. The fraction of sp³-hybridized carbons (Fsp3) is 0.531. The van der Waals surface area contributed by atoms with E-state index in [0.717, 1.165) is 43.7 Å². The van der Waals surface area contributed by atoms with E-state index in [9.17, 15) is 23.2 Å². The van der Waals surface area contributed by atoms with Crippen molar-refractivity contribution in [3.63, 3.8) is 0 Å². The zero-order chi connectivity index (χ0) is 33.8. The molecule has 0 atom stereocenters. The van der Waals surface area contributed by atoms with Crippen molar-refractivity contribution in [2.24, 2.45) is 0 Å². The van der Waals surface area contributed by atoms with Crippen LogP contribution in [0.1, 0.15) is 57.5 Å². The smallest absolute Gasteiger partial charge is 0.410 e. The Hall–Kier alpha value is -2.61. The molecule has 0 spiro atoms. The molecule has 0 radical (unpaired) electrons. The van der Waals surface area contributed by atoms with Crippen molar-refractivity contribution < 1.29 is 32.6 Å². The standard InChI is InChI=1S/C16H22BrFN2O2.C9H18N2O2.C7H4BrFO/c1-16(2,3)22-15(21)20-8-6-19(7-9-20)11-12-4-5-13(17)10-14(12)18;1-9(2,3)13-8(12)11-6-4-10-5-7-11;8-6-2-1-5(4-10)7(9)3-6/h4-5,10H,6-9,11H2,1-3H3;10H,4-7H2,1-3H3;1-4H. The summed E-state index contributed by atoms with van der Waals surface area (Å²) in [7, 11) is 0. The summed E-state index contributed by atoms with van der Waals surface area (Å²) >= 11 is 6.33. The molecule has 2 heterocycles. The monoisotopic (exact) mass is 760 g/mol. The minimum atomic E-state index is -0.496. The van der Waals surface area contributed by atoms with Crippen molar-refractivity contribution in [3.05, 3.63) is 68.1 Å². The molecule has 13 heteroatoms. The Morgan fingerprint density at radius 2 is 1.24 bits per heavy atom. The summed E-state index contributed by atoms with van der Waals surface area (Å²) in [4.78, 5) is 39.2. The van der Waals surface area contributed by atoms with E-state index in [1.807, 2.05) is 47.6 Å². The third kappa shape index (κ3) is 15.0. The number of hydrogen-bond acceptors (Lipinski definition) is 7. The van der Waals surface area contributed by atoms with Gasteiger partial charge in [-0.3, -0.25) is 9.69 Å². The zero-order valence-corrected chi connectivity index (χ0v) is 30.0. The van der Waals surface area contributed by atoms with Crippen LogP contribution in [-0.4, -0.2) is 96.7 Å². The number of piperazine rings is 2. The summed E-state index contributed by atoms with van der Waals surface area (Å²) in [6.07, 6.45) is 0.0119. The van der Waals surface area contributed by atoms with Gasteiger partial charge in [-0.25, -0.2) is 18.4 Å². The van der Waals surface area contributed by atoms with Crippen LogP contribution < -0.4 is 5.32 Å². The largest absolute Gasteiger partial charge is 0.444 e. The molecule has 9 nitrogen and oxygen atoms in total. The highest BCUT2D eigenvalue weighted by atomic mass is 79.9. The summed E-state index contributed by atoms with van der Waals surface area (Å²) in [6, 6.07) is 9.41. The summed E-state index contributed by atoms with van der Waals surface area (Å²) < 4.78 is 38.4. The third-order valence-corrected chi connectivity index (χ3v) is 7.28. The number of nitrogens with one attached hydrogen (secondary N) is 1. The van der Waals surface area contributed by atoms with Gasteiger partial charge < -0.3 is 24.6 Å². The lowest BCUT2D eigenvalue weighted by Crippen LogP contribution is -2.49. The number of carbonyl (C=O) groups is 3. The van der Waals surface area contributed by atoms with Crippen molar-refractivity contribution in [3.8, 4) is 0 Å². The Labute approximate surface area is 281 Å². The molecule has 2 aliphatic heterocycles. The van der Waals surface area contributed by atoms with Gasteiger partial charge in [0.25, 0.3) is 0 Å². The lowest BCUT2D eigenvalue weighted by Gasteiger charge is -2.35. The summed E-state index contributed by atoms with van der Waals surface area (Å²) in [6.45, 7) is 17.6. The molecule has 4 rings (SSSR count). The molecule has 2 aromatic carbocycles. The highest BCUT2D eigenvalue weighted by Crippen LogP contribution is 2.19. The second-order valence-electron chi connectivity index (χ2n) is 12.5. The maximum Gasteiger partial charge on any atom is 0.410 e. The van der Waals surface area contributed by atoms with Crippen LogP contribution in [0, 0.1) is 11.6 Å². The number of halogens is 4. The topological polar surface area (TPSA) is 91.4 Å². The van der Waals surface area contributed by atoms with E-state index in [0.29, 0.717) is 36.0 Å². The van der Waals surface area contributed by atoms with Crippen molar-refractivity contribution in [2.75, 3.05) is 52.4 Å². The first-order valence-electron chi connectivity index (χ1n) is 14.7. The first-order valence-corrected chi connectivity index (χ1v) is 16.3. The second kappa shape index (κ2) is 17.9. The molecule has 0 unspecified atom stereocenters. The molecule has 0 aromatic heterocycles. The Morgan fingerprint density at radius 1 is 0.778 bits per heavy atom. The van der Waals surface area contributed by atoms with Crippen LogP contribution in [0.5, 0.6) is 0 Å². The molecule has 2 aromatic rings. The maximum absolute atomic E-state index is 13.9. The molecule has 2 aliphatic rings. The number of benzene rings is 2. The van der Waals surface area contributed by atoms with Gasteiger partial charge in [-0.1, -0.05) is 37.9 Å².